The van der Waals surface area contributed by atoms with Gasteiger partial charge >= 0.3 is 0 Å². The number of nitrogens with one attached hydrogen (secondary N) is 2. The molecule has 0 radical (unpaired) electrons. The van der Waals surface area contributed by atoms with E-state index >= 15 is 0 Å². The number of carbonyl (C=O) groups is 1. The molecule has 19 heavy (non-hydrogen) atoms. The summed E-state index contributed by atoms with van der Waals surface area (Å²) in [4.78, 5) is 11.8. The minimum absolute atomic E-state index is 0.0669. The van der Waals surface area contributed by atoms with Gasteiger partial charge in [0.25, 0.3) is 0 Å². The fourth-order valence-corrected chi connectivity index (χ4v) is 1.38. The highest BCUT2D eigenvalue weighted by Crippen LogP contribution is 1.99. The Hall–Kier alpha value is -0.650. The van der Waals surface area contributed by atoms with E-state index in [-0.39, 0.29) is 17.5 Å². The molecule has 114 valence electrons. The van der Waals surface area contributed by atoms with Crippen LogP contribution in [0.15, 0.2) is 0 Å². The second kappa shape index (κ2) is 8.51. The highest BCUT2D eigenvalue weighted by Gasteiger charge is 2.19. The topological polar surface area (TPSA) is 70.6 Å². The van der Waals surface area contributed by atoms with Crippen LogP contribution in [-0.4, -0.2) is 48.5 Å². The monoisotopic (exact) mass is 274 g/mol. The van der Waals surface area contributed by atoms with Crippen LogP contribution in [0.25, 0.3) is 0 Å². The summed E-state index contributed by atoms with van der Waals surface area (Å²) < 4.78 is 5.34. The largest absolute Gasteiger partial charge is 0.389 e. The first-order valence-corrected chi connectivity index (χ1v) is 6.93. The molecule has 2 atom stereocenters. The van der Waals surface area contributed by atoms with Crippen molar-refractivity contribution in [1.29, 1.82) is 0 Å². The van der Waals surface area contributed by atoms with Crippen molar-refractivity contribution in [3.8, 4) is 0 Å². The number of hydrogen-bond donors (Lipinski definition) is 3. The molecule has 5 heteroatoms. The molecule has 3 N–H and O–H groups in total. The zero-order chi connectivity index (χ0) is 15.1. The number of aliphatic hydroxyl groups excluding tert-OH is 1. The summed E-state index contributed by atoms with van der Waals surface area (Å²) in [6.07, 6.45) is -0.594. The first-order valence-electron chi connectivity index (χ1n) is 6.93. The fourth-order valence-electron chi connectivity index (χ4n) is 1.38. The van der Waals surface area contributed by atoms with Crippen LogP contribution in [0.1, 0.15) is 41.5 Å². The number of hydrogen-bond acceptors (Lipinski definition) is 4. The third-order valence-electron chi connectivity index (χ3n) is 2.31. The summed E-state index contributed by atoms with van der Waals surface area (Å²) in [6.45, 7) is 13.0. The van der Waals surface area contributed by atoms with Gasteiger partial charge in [0.15, 0.2) is 0 Å². The van der Waals surface area contributed by atoms with Gasteiger partial charge in [-0.15, -0.1) is 0 Å². The Bertz CT molecular complexity index is 262. The minimum atomic E-state index is -0.594. The number of ether oxygens (including phenoxy) is 1. The van der Waals surface area contributed by atoms with Crippen LogP contribution >= 0.6 is 0 Å². The van der Waals surface area contributed by atoms with E-state index < -0.39 is 6.10 Å². The van der Waals surface area contributed by atoms with Gasteiger partial charge in [-0.3, -0.25) is 4.79 Å². The van der Waals surface area contributed by atoms with E-state index in [9.17, 15) is 9.90 Å². The standard InChI is InChI=1S/C14H30N2O3/c1-10(2)8-19-9-12(17)7-15-11(3)13(18)16-14(4,5)6/h10-12,15,17H,7-9H2,1-6H3,(H,16,18). The Balaban J connectivity index is 3.82. The molecular formula is C14H30N2O3. The van der Waals surface area contributed by atoms with Gasteiger partial charge < -0.3 is 20.5 Å². The lowest BCUT2D eigenvalue weighted by Crippen LogP contribution is -2.51. The van der Waals surface area contributed by atoms with Gasteiger partial charge in [-0.05, 0) is 33.6 Å². The zero-order valence-electron chi connectivity index (χ0n) is 13.1. The number of amides is 1. The third-order valence-corrected chi connectivity index (χ3v) is 2.31. The average Bonchev–Trinajstić information content (AvgIpc) is 2.22. The molecule has 0 saturated heterocycles. The van der Waals surface area contributed by atoms with Crippen molar-refractivity contribution in [2.24, 2.45) is 5.92 Å². The molecule has 0 aliphatic rings. The second-order valence-corrected chi connectivity index (χ2v) is 6.45. The molecule has 0 bridgehead atoms. The molecule has 1 amide bonds. The van der Waals surface area contributed by atoms with Crippen molar-refractivity contribution in [3.05, 3.63) is 0 Å². The molecule has 0 rings (SSSR count). The Kier molecular flexibility index (Phi) is 8.22. The lowest BCUT2D eigenvalue weighted by molar-refractivity contribution is -0.124. The van der Waals surface area contributed by atoms with Crippen molar-refractivity contribution in [2.45, 2.75) is 59.2 Å². The highest BCUT2D eigenvalue weighted by atomic mass is 16.5. The summed E-state index contributed by atoms with van der Waals surface area (Å²) in [5.41, 5.74) is -0.244. The third kappa shape index (κ3) is 10.9. The molecule has 2 unspecified atom stereocenters. The Morgan fingerprint density at radius 3 is 2.26 bits per heavy atom. The maximum Gasteiger partial charge on any atom is 0.237 e. The summed E-state index contributed by atoms with van der Waals surface area (Å²) >= 11 is 0. The van der Waals surface area contributed by atoms with Gasteiger partial charge in [0.05, 0.1) is 18.8 Å². The quantitative estimate of drug-likeness (QED) is 0.615. The van der Waals surface area contributed by atoms with Crippen molar-refractivity contribution in [3.63, 3.8) is 0 Å². The predicted molar refractivity (Wildman–Crippen MR) is 77.0 cm³/mol. The molecule has 0 saturated carbocycles. The summed E-state index contributed by atoms with van der Waals surface area (Å²) in [6, 6.07) is -0.334. The summed E-state index contributed by atoms with van der Waals surface area (Å²) in [7, 11) is 0. The lowest BCUT2D eigenvalue weighted by Gasteiger charge is -2.24. The van der Waals surface area contributed by atoms with Crippen molar-refractivity contribution >= 4 is 5.91 Å². The first kappa shape index (κ1) is 18.4. The van der Waals surface area contributed by atoms with Gasteiger partial charge in [0, 0.05) is 18.7 Å². The van der Waals surface area contributed by atoms with Crippen molar-refractivity contribution in [2.75, 3.05) is 19.8 Å². The van der Waals surface area contributed by atoms with Gasteiger partial charge in [-0.2, -0.15) is 0 Å². The minimum Gasteiger partial charge on any atom is -0.389 e. The van der Waals surface area contributed by atoms with Crippen molar-refractivity contribution in [1.82, 2.24) is 10.6 Å². The Morgan fingerprint density at radius 1 is 1.21 bits per heavy atom. The van der Waals surface area contributed by atoms with Gasteiger partial charge in [-0.1, -0.05) is 13.8 Å². The molecule has 0 aliphatic heterocycles. The van der Waals surface area contributed by atoms with E-state index in [0.717, 1.165) is 0 Å². The summed E-state index contributed by atoms with van der Waals surface area (Å²) in [5, 5.41) is 15.6. The molecule has 0 aromatic heterocycles. The van der Waals surface area contributed by atoms with E-state index in [2.05, 4.69) is 24.5 Å². The van der Waals surface area contributed by atoms with Crippen LogP contribution in [0.3, 0.4) is 0 Å². The summed E-state index contributed by atoms with van der Waals surface area (Å²) in [5.74, 6) is 0.388. The lowest BCUT2D eigenvalue weighted by atomic mass is 10.1. The van der Waals surface area contributed by atoms with Crippen LogP contribution in [0.4, 0.5) is 0 Å². The van der Waals surface area contributed by atoms with Crippen LogP contribution < -0.4 is 10.6 Å². The zero-order valence-corrected chi connectivity index (χ0v) is 13.1. The molecule has 0 aromatic carbocycles. The number of aliphatic hydroxyl groups is 1. The van der Waals surface area contributed by atoms with E-state index in [1.54, 1.807) is 6.92 Å². The van der Waals surface area contributed by atoms with Crippen LogP contribution in [0.5, 0.6) is 0 Å². The Labute approximate surface area is 117 Å². The van der Waals surface area contributed by atoms with Gasteiger partial charge in [-0.25, -0.2) is 0 Å². The van der Waals surface area contributed by atoms with E-state index in [1.165, 1.54) is 0 Å². The Morgan fingerprint density at radius 2 is 1.79 bits per heavy atom. The molecule has 0 heterocycles. The maximum absolute atomic E-state index is 11.8. The number of carbonyl (C=O) groups excluding carboxylic acids is 1. The normalized spacial score (nSPS) is 15.4. The molecule has 0 spiro atoms. The molecule has 5 nitrogen and oxygen atoms in total. The SMILES string of the molecule is CC(C)COCC(O)CNC(C)C(=O)NC(C)(C)C. The molecule has 0 aliphatic carbocycles. The average molecular weight is 274 g/mol. The molecule has 0 aromatic rings. The van der Waals surface area contributed by atoms with E-state index in [1.807, 2.05) is 20.8 Å². The van der Waals surface area contributed by atoms with Crippen molar-refractivity contribution < 1.29 is 14.6 Å². The van der Waals surface area contributed by atoms with E-state index in [0.29, 0.717) is 25.7 Å². The van der Waals surface area contributed by atoms with Crippen LogP contribution in [0.2, 0.25) is 0 Å². The first-order chi connectivity index (χ1) is 8.61. The van der Waals surface area contributed by atoms with Gasteiger partial charge in [0.1, 0.15) is 0 Å². The predicted octanol–water partition coefficient (Wildman–Crippen LogP) is 0.913. The second-order valence-electron chi connectivity index (χ2n) is 6.45. The highest BCUT2D eigenvalue weighted by molar-refractivity contribution is 5.81. The maximum atomic E-state index is 11.8. The smallest absolute Gasteiger partial charge is 0.237 e. The van der Waals surface area contributed by atoms with Gasteiger partial charge in [0.2, 0.25) is 5.91 Å². The molecular weight excluding hydrogens is 244 g/mol. The fraction of sp³-hybridized carbons (Fsp3) is 0.929. The van der Waals surface area contributed by atoms with E-state index in [4.69, 9.17) is 4.74 Å². The molecule has 0 fully saturated rings. The van der Waals surface area contributed by atoms with Crippen LogP contribution in [-0.2, 0) is 9.53 Å². The van der Waals surface area contributed by atoms with Crippen LogP contribution in [0, 0.1) is 5.92 Å². The number of rotatable bonds is 8.